The predicted molar refractivity (Wildman–Crippen MR) is 94.2 cm³/mol. The fourth-order valence-corrected chi connectivity index (χ4v) is 2.18. The van der Waals surface area contributed by atoms with Crippen molar-refractivity contribution in [3.8, 4) is 6.07 Å². The molecule has 0 aliphatic carbocycles. The number of amides is 1. The monoisotopic (exact) mass is 323 g/mol. The number of benzene rings is 1. The van der Waals surface area contributed by atoms with E-state index in [1.54, 1.807) is 24.4 Å². The summed E-state index contributed by atoms with van der Waals surface area (Å²) in [5.74, 6) is -0.154. The van der Waals surface area contributed by atoms with Gasteiger partial charge in [0, 0.05) is 12.7 Å². The molecule has 24 heavy (non-hydrogen) atoms. The molecule has 0 atom stereocenters. The molecule has 2 N–H and O–H groups in total. The molecule has 124 valence electrons. The van der Waals surface area contributed by atoms with Crippen LogP contribution in [0.1, 0.15) is 22.3 Å². The highest BCUT2D eigenvalue weighted by Gasteiger charge is 2.08. The number of nitriles is 1. The van der Waals surface area contributed by atoms with Crippen molar-refractivity contribution >= 4 is 17.3 Å². The zero-order valence-electron chi connectivity index (χ0n) is 13.9. The van der Waals surface area contributed by atoms with Gasteiger partial charge in [0.05, 0.1) is 28.7 Å². The van der Waals surface area contributed by atoms with Crippen LogP contribution in [0.25, 0.3) is 0 Å². The van der Waals surface area contributed by atoms with Crippen molar-refractivity contribution < 1.29 is 4.79 Å². The molecular formula is C18H21N5O. The minimum absolute atomic E-state index is 0.154. The lowest BCUT2D eigenvalue weighted by Crippen LogP contribution is -2.27. The Kier molecular flexibility index (Phi) is 6.29. The van der Waals surface area contributed by atoms with Gasteiger partial charge in [-0.2, -0.15) is 5.26 Å². The summed E-state index contributed by atoms with van der Waals surface area (Å²) in [6, 6.07) is 11.1. The van der Waals surface area contributed by atoms with E-state index in [1.165, 1.54) is 6.20 Å². The van der Waals surface area contributed by atoms with Crippen molar-refractivity contribution in [2.45, 2.75) is 6.42 Å². The lowest BCUT2D eigenvalue weighted by molar-refractivity contribution is 0.0952. The summed E-state index contributed by atoms with van der Waals surface area (Å²) in [5, 5.41) is 15.1. The van der Waals surface area contributed by atoms with Crippen LogP contribution in [-0.2, 0) is 0 Å². The molecule has 1 aromatic heterocycles. The highest BCUT2D eigenvalue weighted by Crippen LogP contribution is 2.20. The van der Waals surface area contributed by atoms with E-state index in [0.29, 0.717) is 29.0 Å². The average Bonchev–Trinajstić information content (AvgIpc) is 2.59. The quantitative estimate of drug-likeness (QED) is 0.765. The molecule has 0 spiro atoms. The predicted octanol–water partition coefficient (Wildman–Crippen LogP) is 2.38. The molecule has 0 saturated heterocycles. The van der Waals surface area contributed by atoms with Gasteiger partial charge in [-0.1, -0.05) is 12.1 Å². The van der Waals surface area contributed by atoms with Crippen molar-refractivity contribution in [3.05, 3.63) is 53.9 Å². The first-order valence-electron chi connectivity index (χ1n) is 7.74. The lowest BCUT2D eigenvalue weighted by atomic mass is 10.2. The second-order valence-corrected chi connectivity index (χ2v) is 5.66. The highest BCUT2D eigenvalue weighted by atomic mass is 16.1. The molecule has 1 heterocycles. The topological polar surface area (TPSA) is 81.1 Å². The average molecular weight is 323 g/mol. The first-order valence-corrected chi connectivity index (χ1v) is 7.74. The van der Waals surface area contributed by atoms with Crippen LogP contribution in [0, 0.1) is 11.3 Å². The summed E-state index contributed by atoms with van der Waals surface area (Å²) in [6.07, 6.45) is 4.04. The molecule has 0 aliphatic rings. The molecular weight excluding hydrogens is 302 g/mol. The summed E-state index contributed by atoms with van der Waals surface area (Å²) in [4.78, 5) is 18.3. The summed E-state index contributed by atoms with van der Waals surface area (Å²) in [7, 11) is 4.00. The van der Waals surface area contributed by atoms with Crippen molar-refractivity contribution in [2.24, 2.45) is 0 Å². The molecule has 2 rings (SSSR count). The van der Waals surface area contributed by atoms with Crippen molar-refractivity contribution in [2.75, 3.05) is 32.5 Å². The Balaban J connectivity index is 2.01. The molecule has 0 saturated carbocycles. The van der Waals surface area contributed by atoms with Crippen LogP contribution in [0.5, 0.6) is 0 Å². The lowest BCUT2D eigenvalue weighted by Gasteiger charge is -2.11. The Morgan fingerprint density at radius 2 is 2.08 bits per heavy atom. The maximum absolute atomic E-state index is 12.2. The molecule has 0 radical (unpaired) electrons. The minimum atomic E-state index is -0.154. The van der Waals surface area contributed by atoms with Gasteiger partial charge in [-0.25, -0.2) is 0 Å². The third-order valence-electron chi connectivity index (χ3n) is 3.39. The number of hydrogen-bond acceptors (Lipinski definition) is 5. The van der Waals surface area contributed by atoms with E-state index >= 15 is 0 Å². The van der Waals surface area contributed by atoms with E-state index in [2.05, 4.69) is 26.6 Å². The molecule has 0 fully saturated rings. The highest BCUT2D eigenvalue weighted by molar-refractivity contribution is 5.94. The van der Waals surface area contributed by atoms with Crippen molar-refractivity contribution in [1.29, 1.82) is 5.26 Å². The number of nitrogens with one attached hydrogen (secondary N) is 2. The van der Waals surface area contributed by atoms with Crippen LogP contribution < -0.4 is 10.6 Å². The van der Waals surface area contributed by atoms with E-state index in [4.69, 9.17) is 5.26 Å². The van der Waals surface area contributed by atoms with Gasteiger partial charge in [-0.3, -0.25) is 9.78 Å². The number of aromatic nitrogens is 1. The molecule has 6 nitrogen and oxygen atoms in total. The van der Waals surface area contributed by atoms with Gasteiger partial charge in [-0.15, -0.1) is 0 Å². The van der Waals surface area contributed by atoms with E-state index in [9.17, 15) is 4.79 Å². The van der Waals surface area contributed by atoms with Crippen LogP contribution in [0.4, 0.5) is 11.4 Å². The summed E-state index contributed by atoms with van der Waals surface area (Å²) < 4.78 is 0. The third-order valence-corrected chi connectivity index (χ3v) is 3.39. The molecule has 0 bridgehead atoms. The third kappa shape index (κ3) is 5.07. The van der Waals surface area contributed by atoms with Gasteiger partial charge in [0.1, 0.15) is 6.07 Å². The first kappa shape index (κ1) is 17.4. The normalized spacial score (nSPS) is 10.2. The number of nitrogens with zero attached hydrogens (tertiary/aromatic N) is 3. The van der Waals surface area contributed by atoms with E-state index < -0.39 is 0 Å². The van der Waals surface area contributed by atoms with E-state index in [0.717, 1.165) is 13.0 Å². The fraction of sp³-hybridized carbons (Fsp3) is 0.278. The van der Waals surface area contributed by atoms with Crippen LogP contribution in [0.3, 0.4) is 0 Å². The van der Waals surface area contributed by atoms with Gasteiger partial charge >= 0.3 is 0 Å². The maximum Gasteiger partial charge on any atom is 0.252 e. The number of carbonyl (C=O) groups excluding carboxylic acids is 1. The molecule has 2 aromatic rings. The molecule has 1 amide bonds. The van der Waals surface area contributed by atoms with Crippen molar-refractivity contribution in [3.63, 3.8) is 0 Å². The number of para-hydroxylation sites is 1. The Labute approximate surface area is 142 Å². The number of pyridine rings is 1. The van der Waals surface area contributed by atoms with Crippen molar-refractivity contribution in [1.82, 2.24) is 15.2 Å². The maximum atomic E-state index is 12.2. The zero-order valence-corrected chi connectivity index (χ0v) is 13.9. The largest absolute Gasteiger partial charge is 0.353 e. The SMILES string of the molecule is CN(C)CCCNC(=O)c1cncc(Nc2ccccc2C#N)c1. The van der Waals surface area contributed by atoms with Crippen LogP contribution in [0.15, 0.2) is 42.7 Å². The Morgan fingerprint density at radius 3 is 2.83 bits per heavy atom. The van der Waals surface area contributed by atoms with Crippen LogP contribution in [0.2, 0.25) is 0 Å². The number of anilines is 2. The standard InChI is InChI=1S/C18H21N5O/c1-23(2)9-5-8-21-18(24)15-10-16(13-20-12-15)22-17-7-4-3-6-14(17)11-19/h3-4,6-7,10,12-13,22H,5,8-9H2,1-2H3,(H,21,24). The van der Waals surface area contributed by atoms with Gasteiger partial charge in [0.25, 0.3) is 5.91 Å². The second kappa shape index (κ2) is 8.65. The van der Waals surface area contributed by atoms with Crippen LogP contribution >= 0.6 is 0 Å². The van der Waals surface area contributed by atoms with Gasteiger partial charge in [0.15, 0.2) is 0 Å². The molecule has 1 aromatic carbocycles. The second-order valence-electron chi connectivity index (χ2n) is 5.66. The van der Waals surface area contributed by atoms with E-state index in [-0.39, 0.29) is 5.91 Å². The summed E-state index contributed by atoms with van der Waals surface area (Å²) in [6.45, 7) is 1.54. The van der Waals surface area contributed by atoms with Crippen LogP contribution in [-0.4, -0.2) is 43.0 Å². The first-order chi connectivity index (χ1) is 11.6. The Bertz CT molecular complexity index is 736. The van der Waals surface area contributed by atoms with Gasteiger partial charge in [0.2, 0.25) is 0 Å². The number of rotatable bonds is 7. The van der Waals surface area contributed by atoms with Gasteiger partial charge < -0.3 is 15.5 Å². The molecule has 0 unspecified atom stereocenters. The minimum Gasteiger partial charge on any atom is -0.353 e. The molecule has 0 aliphatic heterocycles. The Morgan fingerprint density at radius 1 is 1.29 bits per heavy atom. The van der Waals surface area contributed by atoms with Gasteiger partial charge in [-0.05, 0) is 45.3 Å². The smallest absolute Gasteiger partial charge is 0.252 e. The number of carbonyl (C=O) groups is 1. The summed E-state index contributed by atoms with van der Waals surface area (Å²) in [5.41, 5.74) is 2.37. The zero-order chi connectivity index (χ0) is 17.4. The fourth-order valence-electron chi connectivity index (χ4n) is 2.18. The Hall–Kier alpha value is -2.91. The van der Waals surface area contributed by atoms with E-state index in [1.807, 2.05) is 26.2 Å². The summed E-state index contributed by atoms with van der Waals surface area (Å²) >= 11 is 0. The number of hydrogen-bond donors (Lipinski definition) is 2. The molecule has 6 heteroatoms.